The number of hydrogen-bond acceptors (Lipinski definition) is 7. The summed E-state index contributed by atoms with van der Waals surface area (Å²) in [6, 6.07) is -0.251. The van der Waals surface area contributed by atoms with Crippen LogP contribution in [0, 0.1) is 0 Å². The van der Waals surface area contributed by atoms with Crippen LogP contribution in [-0.2, 0) is 10.0 Å². The summed E-state index contributed by atoms with van der Waals surface area (Å²) in [6.45, 7) is 5.07. The smallest absolute Gasteiger partial charge is 0.245 e. The molecule has 0 amide bonds. The van der Waals surface area contributed by atoms with Gasteiger partial charge in [0.25, 0.3) is 0 Å². The molecule has 136 valence electrons. The Morgan fingerprint density at radius 1 is 1.29 bits per heavy atom. The van der Waals surface area contributed by atoms with Gasteiger partial charge in [0.05, 0.1) is 11.8 Å². The average Bonchev–Trinajstić information content (AvgIpc) is 3.05. The Morgan fingerprint density at radius 3 is 2.88 bits per heavy atom. The summed E-state index contributed by atoms with van der Waals surface area (Å²) in [5.41, 5.74) is 0. The lowest BCUT2D eigenvalue weighted by Crippen LogP contribution is -2.44. The van der Waals surface area contributed by atoms with Crippen LogP contribution in [0.2, 0.25) is 0 Å². The van der Waals surface area contributed by atoms with Gasteiger partial charge in [0, 0.05) is 26.2 Å². The SMILES string of the molecule is CCCS(=O)(=O)N1CCCCC1c1nc(C2CNCCN2C)no1. The zero-order valence-electron chi connectivity index (χ0n) is 14.4. The molecule has 2 fully saturated rings. The molecule has 2 aliphatic rings. The zero-order chi connectivity index (χ0) is 17.2. The summed E-state index contributed by atoms with van der Waals surface area (Å²) in [5, 5.41) is 7.47. The molecule has 3 heterocycles. The predicted molar refractivity (Wildman–Crippen MR) is 89.9 cm³/mol. The van der Waals surface area contributed by atoms with Gasteiger partial charge in [0.1, 0.15) is 6.04 Å². The normalized spacial score (nSPS) is 27.4. The molecule has 0 bridgehead atoms. The number of sulfonamides is 1. The molecule has 9 heteroatoms. The summed E-state index contributed by atoms with van der Waals surface area (Å²) in [5.74, 6) is 1.24. The molecule has 0 aliphatic carbocycles. The fraction of sp³-hybridized carbons (Fsp3) is 0.867. The van der Waals surface area contributed by atoms with Crippen molar-refractivity contribution in [1.82, 2.24) is 24.7 Å². The molecule has 24 heavy (non-hydrogen) atoms. The highest BCUT2D eigenvalue weighted by Crippen LogP contribution is 2.33. The van der Waals surface area contributed by atoms with Crippen LogP contribution in [0.15, 0.2) is 4.52 Å². The minimum absolute atomic E-state index is 0.0699. The first-order valence-corrected chi connectivity index (χ1v) is 10.4. The molecule has 3 rings (SSSR count). The summed E-state index contributed by atoms with van der Waals surface area (Å²) >= 11 is 0. The van der Waals surface area contributed by atoms with E-state index in [9.17, 15) is 8.42 Å². The maximum absolute atomic E-state index is 12.5. The number of likely N-dealkylation sites (N-methyl/N-ethyl adjacent to an activating group) is 1. The molecule has 2 unspecified atom stereocenters. The number of nitrogens with one attached hydrogen (secondary N) is 1. The monoisotopic (exact) mass is 357 g/mol. The van der Waals surface area contributed by atoms with Gasteiger partial charge in [-0.15, -0.1) is 0 Å². The van der Waals surface area contributed by atoms with E-state index in [1.54, 1.807) is 4.31 Å². The second-order valence-electron chi connectivity index (χ2n) is 6.63. The second kappa shape index (κ2) is 7.47. The molecule has 2 aliphatic heterocycles. The molecule has 0 saturated carbocycles. The van der Waals surface area contributed by atoms with Crippen molar-refractivity contribution in [2.75, 3.05) is 39.0 Å². The molecule has 1 N–H and O–H groups in total. The molecular formula is C15H27N5O3S. The number of piperidine rings is 1. The van der Waals surface area contributed by atoms with Crippen LogP contribution in [-0.4, -0.2) is 66.7 Å². The van der Waals surface area contributed by atoms with Crippen LogP contribution in [0.4, 0.5) is 0 Å². The Kier molecular flexibility index (Phi) is 5.53. The number of aromatic nitrogens is 2. The van der Waals surface area contributed by atoms with Gasteiger partial charge in [-0.25, -0.2) is 8.42 Å². The lowest BCUT2D eigenvalue weighted by atomic mass is 10.1. The summed E-state index contributed by atoms with van der Waals surface area (Å²) < 4.78 is 32.2. The van der Waals surface area contributed by atoms with E-state index in [-0.39, 0.29) is 17.8 Å². The number of hydrogen-bond donors (Lipinski definition) is 1. The number of rotatable bonds is 5. The first kappa shape index (κ1) is 17.8. The van der Waals surface area contributed by atoms with Crippen LogP contribution < -0.4 is 5.32 Å². The highest BCUT2D eigenvalue weighted by Gasteiger charge is 2.37. The lowest BCUT2D eigenvalue weighted by Gasteiger charge is -2.32. The van der Waals surface area contributed by atoms with Crippen molar-refractivity contribution in [2.24, 2.45) is 0 Å². The van der Waals surface area contributed by atoms with Crippen LogP contribution in [0.25, 0.3) is 0 Å². The lowest BCUT2D eigenvalue weighted by molar-refractivity contribution is 0.187. The Morgan fingerprint density at radius 2 is 2.12 bits per heavy atom. The van der Waals surface area contributed by atoms with Crippen molar-refractivity contribution >= 4 is 10.0 Å². The standard InChI is InChI=1S/C15H27N5O3S/c1-3-10-24(21,22)20-8-5-4-6-12(20)15-17-14(18-23-15)13-11-16-7-9-19(13)2/h12-13,16H,3-11H2,1-2H3. The highest BCUT2D eigenvalue weighted by molar-refractivity contribution is 7.89. The molecule has 1 aromatic heterocycles. The maximum atomic E-state index is 12.5. The van der Waals surface area contributed by atoms with Crippen molar-refractivity contribution in [1.29, 1.82) is 0 Å². The third kappa shape index (κ3) is 3.63. The van der Waals surface area contributed by atoms with Crippen LogP contribution in [0.5, 0.6) is 0 Å². The third-order valence-electron chi connectivity index (χ3n) is 4.82. The largest absolute Gasteiger partial charge is 0.337 e. The highest BCUT2D eigenvalue weighted by atomic mass is 32.2. The van der Waals surface area contributed by atoms with Crippen LogP contribution in [0.3, 0.4) is 0 Å². The van der Waals surface area contributed by atoms with E-state index in [4.69, 9.17) is 4.52 Å². The van der Waals surface area contributed by atoms with Gasteiger partial charge < -0.3 is 9.84 Å². The van der Waals surface area contributed by atoms with Crippen molar-refractivity contribution in [2.45, 2.75) is 44.7 Å². The van der Waals surface area contributed by atoms with E-state index in [2.05, 4.69) is 20.4 Å². The van der Waals surface area contributed by atoms with Gasteiger partial charge in [-0.05, 0) is 26.3 Å². The van der Waals surface area contributed by atoms with Gasteiger partial charge in [-0.3, -0.25) is 4.90 Å². The van der Waals surface area contributed by atoms with Gasteiger partial charge >= 0.3 is 0 Å². The fourth-order valence-electron chi connectivity index (χ4n) is 3.47. The first-order chi connectivity index (χ1) is 11.5. The van der Waals surface area contributed by atoms with Gasteiger partial charge in [-0.2, -0.15) is 9.29 Å². The van der Waals surface area contributed by atoms with E-state index in [0.717, 1.165) is 38.9 Å². The second-order valence-corrected chi connectivity index (χ2v) is 8.67. The summed E-state index contributed by atoms with van der Waals surface area (Å²) in [7, 11) is -1.23. The van der Waals surface area contributed by atoms with Gasteiger partial charge in [-0.1, -0.05) is 18.5 Å². The quantitative estimate of drug-likeness (QED) is 0.837. The fourth-order valence-corrected chi connectivity index (χ4v) is 5.21. The minimum Gasteiger partial charge on any atom is -0.337 e. The van der Waals surface area contributed by atoms with Crippen LogP contribution >= 0.6 is 0 Å². The maximum Gasteiger partial charge on any atom is 0.245 e. The molecule has 2 atom stereocenters. The summed E-state index contributed by atoms with van der Waals surface area (Å²) in [4.78, 5) is 6.76. The van der Waals surface area contributed by atoms with Crippen molar-refractivity contribution in [3.63, 3.8) is 0 Å². The molecule has 0 spiro atoms. The van der Waals surface area contributed by atoms with Crippen molar-refractivity contribution < 1.29 is 12.9 Å². The van der Waals surface area contributed by atoms with E-state index in [1.807, 2.05) is 14.0 Å². The van der Waals surface area contributed by atoms with Crippen LogP contribution in [0.1, 0.15) is 56.4 Å². The molecule has 0 radical (unpaired) electrons. The molecule has 8 nitrogen and oxygen atoms in total. The molecule has 1 aromatic rings. The van der Waals surface area contributed by atoms with Crippen molar-refractivity contribution in [3.05, 3.63) is 11.7 Å². The van der Waals surface area contributed by atoms with Gasteiger partial charge in [0.15, 0.2) is 5.82 Å². The summed E-state index contributed by atoms with van der Waals surface area (Å²) in [6.07, 6.45) is 3.21. The van der Waals surface area contributed by atoms with E-state index < -0.39 is 10.0 Å². The van der Waals surface area contributed by atoms with E-state index >= 15 is 0 Å². The Bertz CT molecular complexity index is 647. The Balaban J connectivity index is 1.81. The zero-order valence-corrected chi connectivity index (χ0v) is 15.3. The van der Waals surface area contributed by atoms with Gasteiger partial charge in [0.2, 0.25) is 15.9 Å². The predicted octanol–water partition coefficient (Wildman–Crippen LogP) is 0.913. The average molecular weight is 357 g/mol. The minimum atomic E-state index is -3.27. The van der Waals surface area contributed by atoms with E-state index in [0.29, 0.717) is 24.7 Å². The number of piperazine rings is 1. The van der Waals surface area contributed by atoms with Crippen molar-refractivity contribution in [3.8, 4) is 0 Å². The first-order valence-electron chi connectivity index (χ1n) is 8.77. The Labute approximate surface area is 143 Å². The topological polar surface area (TPSA) is 91.6 Å². The molecular weight excluding hydrogens is 330 g/mol. The van der Waals surface area contributed by atoms with E-state index in [1.165, 1.54) is 0 Å². The third-order valence-corrected chi connectivity index (χ3v) is 6.90. The molecule has 0 aromatic carbocycles. The Hall–Kier alpha value is -1.03. The number of nitrogens with zero attached hydrogens (tertiary/aromatic N) is 4. The molecule has 2 saturated heterocycles.